The number of carbonyl (C=O) groups is 1. The van der Waals surface area contributed by atoms with E-state index in [9.17, 15) is 9.36 Å². The lowest BCUT2D eigenvalue weighted by Crippen LogP contribution is -2.21. The summed E-state index contributed by atoms with van der Waals surface area (Å²) in [5, 5.41) is 12.5. The molecule has 0 aliphatic carbocycles. The molecule has 0 saturated carbocycles. The van der Waals surface area contributed by atoms with Gasteiger partial charge in [-0.15, -0.1) is 0 Å². The summed E-state index contributed by atoms with van der Waals surface area (Å²) in [4.78, 5) is 18.0. The summed E-state index contributed by atoms with van der Waals surface area (Å²) in [6, 6.07) is 34.8. The highest BCUT2D eigenvalue weighted by molar-refractivity contribution is 7.61. The first kappa shape index (κ1) is 31.8. The molecule has 0 unspecified atom stereocenters. The fourth-order valence-corrected chi connectivity index (χ4v) is 6.56. The van der Waals surface area contributed by atoms with E-state index in [4.69, 9.17) is 9.84 Å². The fourth-order valence-electron chi connectivity index (χ4n) is 5.48. The van der Waals surface area contributed by atoms with Gasteiger partial charge in [-0.2, -0.15) is 5.10 Å². The molecule has 0 bridgehead atoms. The highest BCUT2D eigenvalue weighted by Gasteiger charge is 2.17. The molecule has 8 nitrogen and oxygen atoms in total. The Morgan fingerprint density at radius 3 is 2.34 bits per heavy atom. The first-order valence-electron chi connectivity index (χ1n) is 15.6. The van der Waals surface area contributed by atoms with Gasteiger partial charge in [-0.25, -0.2) is 9.48 Å². The average Bonchev–Trinajstić information content (AvgIpc) is 3.46. The largest absolute Gasteiger partial charge is 0.457 e. The molecule has 47 heavy (non-hydrogen) atoms. The number of hydrogen-bond acceptors (Lipinski definition) is 5. The van der Waals surface area contributed by atoms with Gasteiger partial charge in [0, 0.05) is 47.4 Å². The lowest BCUT2D eigenvalue weighted by molar-refractivity contribution is 0.262. The molecule has 0 radical (unpaired) electrons. The van der Waals surface area contributed by atoms with Crippen LogP contribution in [-0.4, -0.2) is 34.1 Å². The number of pyridine rings is 1. The second kappa shape index (κ2) is 13.7. The number of aromatic nitrogens is 3. The maximum Gasteiger partial charge on any atom is 0.324 e. The van der Waals surface area contributed by atoms with Crippen LogP contribution in [0.15, 0.2) is 115 Å². The van der Waals surface area contributed by atoms with Gasteiger partial charge >= 0.3 is 6.03 Å². The van der Waals surface area contributed by atoms with E-state index < -0.39 is 13.2 Å². The minimum absolute atomic E-state index is 0.154. The van der Waals surface area contributed by atoms with Crippen LogP contribution in [0.1, 0.15) is 42.3 Å². The smallest absolute Gasteiger partial charge is 0.324 e. The molecular formula is C38H38N5O3P. The summed E-state index contributed by atoms with van der Waals surface area (Å²) < 4.78 is 20.6. The van der Waals surface area contributed by atoms with Gasteiger partial charge in [-0.05, 0) is 60.7 Å². The SMILES string of the molecule is CC(C)c1cc(NC(=O)Nc2ccc(Oc3ccnc(Cc4ccccc4)c3)c3ccccc23)n(-c2cccc(CP(C)(C)=O)c2)n1. The van der Waals surface area contributed by atoms with Gasteiger partial charge in [0.05, 0.1) is 24.2 Å². The van der Waals surface area contributed by atoms with Crippen molar-refractivity contribution in [3.8, 4) is 17.2 Å². The zero-order valence-corrected chi connectivity index (χ0v) is 27.9. The second-order valence-corrected chi connectivity index (χ2v) is 15.9. The topological polar surface area (TPSA) is 98.1 Å². The van der Waals surface area contributed by atoms with Crippen molar-refractivity contribution in [3.63, 3.8) is 0 Å². The van der Waals surface area contributed by atoms with Crippen LogP contribution in [0.2, 0.25) is 0 Å². The second-order valence-electron chi connectivity index (χ2n) is 12.4. The van der Waals surface area contributed by atoms with Crippen molar-refractivity contribution in [2.24, 2.45) is 0 Å². The molecule has 4 aromatic carbocycles. The van der Waals surface area contributed by atoms with Crippen molar-refractivity contribution < 1.29 is 14.1 Å². The van der Waals surface area contributed by atoms with Crippen molar-refractivity contribution in [2.45, 2.75) is 32.3 Å². The number of hydrogen-bond donors (Lipinski definition) is 2. The Morgan fingerprint density at radius 2 is 1.57 bits per heavy atom. The Bertz CT molecular complexity index is 2080. The summed E-state index contributed by atoms with van der Waals surface area (Å²) in [6.45, 7) is 7.69. The van der Waals surface area contributed by atoms with Crippen LogP contribution in [0.5, 0.6) is 11.5 Å². The summed E-state index contributed by atoms with van der Waals surface area (Å²) in [5.41, 5.74) is 5.32. The van der Waals surface area contributed by atoms with Gasteiger partial charge in [0.15, 0.2) is 0 Å². The maximum absolute atomic E-state index is 13.5. The zero-order chi connectivity index (χ0) is 33.0. The Balaban J connectivity index is 1.23. The molecule has 2 aromatic heterocycles. The molecule has 238 valence electrons. The van der Waals surface area contributed by atoms with E-state index in [1.807, 2.05) is 97.1 Å². The number of ether oxygens (including phenoxy) is 1. The molecule has 0 atom stereocenters. The first-order chi connectivity index (χ1) is 22.6. The Kier molecular flexibility index (Phi) is 9.23. The Labute approximate surface area is 275 Å². The van der Waals surface area contributed by atoms with Crippen LogP contribution < -0.4 is 15.4 Å². The molecule has 0 aliphatic heterocycles. The predicted octanol–water partition coefficient (Wildman–Crippen LogP) is 9.69. The number of carbonyl (C=O) groups excluding carboxylic acids is 1. The maximum atomic E-state index is 13.5. The van der Waals surface area contributed by atoms with Gasteiger partial charge < -0.3 is 14.6 Å². The van der Waals surface area contributed by atoms with E-state index in [2.05, 4.69) is 41.6 Å². The van der Waals surface area contributed by atoms with Crippen molar-refractivity contribution in [1.29, 1.82) is 0 Å². The van der Waals surface area contributed by atoms with Crippen molar-refractivity contribution >= 4 is 35.5 Å². The predicted molar refractivity (Wildman–Crippen MR) is 191 cm³/mol. The van der Waals surface area contributed by atoms with Crippen LogP contribution in [-0.2, 0) is 17.1 Å². The van der Waals surface area contributed by atoms with Gasteiger partial charge in [0.2, 0.25) is 0 Å². The van der Waals surface area contributed by atoms with E-state index >= 15 is 0 Å². The molecule has 2 heterocycles. The third kappa shape index (κ3) is 7.97. The lowest BCUT2D eigenvalue weighted by atomic mass is 10.1. The summed E-state index contributed by atoms with van der Waals surface area (Å²) in [6.07, 6.45) is 2.96. The van der Waals surface area contributed by atoms with Gasteiger partial charge in [0.1, 0.15) is 17.3 Å². The molecule has 6 aromatic rings. The van der Waals surface area contributed by atoms with Crippen LogP contribution in [0, 0.1) is 0 Å². The first-order valence-corrected chi connectivity index (χ1v) is 18.4. The van der Waals surface area contributed by atoms with Crippen LogP contribution in [0.3, 0.4) is 0 Å². The van der Waals surface area contributed by atoms with Gasteiger partial charge in [-0.3, -0.25) is 10.3 Å². The Hall–Kier alpha value is -5.20. The number of rotatable bonds is 10. The number of nitrogens with zero attached hydrogens (tertiary/aromatic N) is 3. The standard InChI is InChI=1S/C38H38N5O3P/c1-26(2)35-24-37(43(42-35)30-14-10-13-28(22-30)25-47(3,4)45)41-38(44)40-34-17-18-36(33-16-9-8-15-32(33)34)46-31-19-20-39-29(23-31)21-27-11-6-5-7-12-27/h5-20,22-24,26H,21,25H2,1-4H3,(H2,40,41,44). The van der Waals surface area contributed by atoms with E-state index in [1.165, 1.54) is 5.56 Å². The number of amides is 2. The average molecular weight is 644 g/mol. The van der Waals surface area contributed by atoms with Crippen molar-refractivity contribution in [3.05, 3.63) is 138 Å². The van der Waals surface area contributed by atoms with E-state index in [0.29, 0.717) is 35.6 Å². The monoisotopic (exact) mass is 643 g/mol. The molecule has 0 fully saturated rings. The van der Waals surface area contributed by atoms with Crippen molar-refractivity contribution in [2.75, 3.05) is 24.0 Å². The fraction of sp³-hybridized carbons (Fsp3) is 0.184. The Morgan fingerprint density at radius 1 is 0.830 bits per heavy atom. The lowest BCUT2D eigenvalue weighted by Gasteiger charge is -2.15. The minimum atomic E-state index is -2.26. The normalized spacial score (nSPS) is 11.5. The van der Waals surface area contributed by atoms with Crippen LogP contribution >= 0.6 is 7.14 Å². The molecular weight excluding hydrogens is 605 g/mol. The molecule has 2 amide bonds. The summed E-state index contributed by atoms with van der Waals surface area (Å²) >= 11 is 0. The number of urea groups is 1. The number of nitrogens with one attached hydrogen (secondary N) is 2. The highest BCUT2D eigenvalue weighted by atomic mass is 31.2. The molecule has 0 spiro atoms. The number of anilines is 2. The van der Waals surface area contributed by atoms with Crippen LogP contribution in [0.25, 0.3) is 16.5 Å². The molecule has 2 N–H and O–H groups in total. The third-order valence-corrected chi connectivity index (χ3v) is 8.78. The highest BCUT2D eigenvalue weighted by Crippen LogP contribution is 2.40. The number of benzene rings is 4. The number of fused-ring (bicyclic) bond motifs is 1. The van der Waals surface area contributed by atoms with Crippen LogP contribution in [0.4, 0.5) is 16.3 Å². The van der Waals surface area contributed by atoms with E-state index in [-0.39, 0.29) is 5.92 Å². The molecule has 0 aliphatic rings. The summed E-state index contributed by atoms with van der Waals surface area (Å²) in [7, 11) is -2.26. The molecule has 6 rings (SSSR count). The van der Waals surface area contributed by atoms with E-state index in [1.54, 1.807) is 24.2 Å². The molecule has 0 saturated heterocycles. The zero-order valence-electron chi connectivity index (χ0n) is 27.0. The minimum Gasteiger partial charge on any atom is -0.457 e. The quantitative estimate of drug-likeness (QED) is 0.145. The van der Waals surface area contributed by atoms with Gasteiger partial charge in [-0.1, -0.05) is 80.6 Å². The summed E-state index contributed by atoms with van der Waals surface area (Å²) in [5.74, 6) is 2.05. The van der Waals surface area contributed by atoms with Crippen molar-refractivity contribution in [1.82, 2.24) is 14.8 Å². The molecule has 9 heteroatoms. The third-order valence-electron chi connectivity index (χ3n) is 7.66. The van der Waals surface area contributed by atoms with E-state index in [0.717, 1.165) is 33.4 Å². The van der Waals surface area contributed by atoms with Gasteiger partial charge in [0.25, 0.3) is 0 Å².